The number of ether oxygens (including phenoxy) is 3. The van der Waals surface area contributed by atoms with Gasteiger partial charge in [-0.2, -0.15) is 0 Å². The van der Waals surface area contributed by atoms with E-state index in [4.69, 9.17) is 19.9 Å². The molecule has 5 nitrogen and oxygen atoms in total. The zero-order valence-corrected chi connectivity index (χ0v) is 11.5. The maximum absolute atomic E-state index is 5.60. The Morgan fingerprint density at radius 1 is 1.44 bits per heavy atom. The maximum atomic E-state index is 5.60. The number of hydrogen-bond acceptors (Lipinski definition) is 5. The molecule has 1 atom stereocenters. The van der Waals surface area contributed by atoms with Crippen LogP contribution < -0.4 is 10.5 Å². The first kappa shape index (κ1) is 14.7. The van der Waals surface area contributed by atoms with Gasteiger partial charge < -0.3 is 19.9 Å². The zero-order chi connectivity index (χ0) is 13.6. The highest BCUT2D eigenvalue weighted by Crippen LogP contribution is 2.22. The average molecular weight is 254 g/mol. The molecule has 1 aliphatic heterocycles. The van der Waals surface area contributed by atoms with Gasteiger partial charge in [0.25, 0.3) is 0 Å². The van der Waals surface area contributed by atoms with Crippen LogP contribution in [0.4, 0.5) is 5.82 Å². The Bertz CT molecular complexity index is 352. The van der Waals surface area contributed by atoms with E-state index in [1.165, 1.54) is 0 Å². The fourth-order valence-electron chi connectivity index (χ4n) is 1.51. The van der Waals surface area contributed by atoms with Crippen molar-refractivity contribution in [3.63, 3.8) is 0 Å². The standard InChI is InChI=1S/C11H16N2O3.C2H6/c1-11(2)15-7-9(16-11)6-14-8-3-4-10(12)13-5-8;1-2/h3-5,9H,6-7H2,1-2H3,(H2,12,13);1-2H3. The molecular weight excluding hydrogens is 232 g/mol. The summed E-state index contributed by atoms with van der Waals surface area (Å²) in [5.74, 6) is 0.657. The van der Waals surface area contributed by atoms with Crippen molar-refractivity contribution in [3.05, 3.63) is 18.3 Å². The molecule has 2 rings (SSSR count). The van der Waals surface area contributed by atoms with E-state index < -0.39 is 5.79 Å². The van der Waals surface area contributed by atoms with Crippen molar-refractivity contribution in [3.8, 4) is 5.75 Å². The molecule has 1 fully saturated rings. The largest absolute Gasteiger partial charge is 0.489 e. The number of anilines is 1. The number of nitrogens with zero attached hydrogens (tertiary/aromatic N) is 1. The second-order valence-electron chi connectivity index (χ2n) is 4.18. The van der Waals surface area contributed by atoms with Gasteiger partial charge in [-0.05, 0) is 26.0 Å². The molecule has 18 heavy (non-hydrogen) atoms. The number of hydrogen-bond donors (Lipinski definition) is 1. The number of nitrogens with two attached hydrogens (primary N) is 1. The minimum atomic E-state index is -0.507. The fraction of sp³-hybridized carbons (Fsp3) is 0.615. The third-order valence-electron chi connectivity index (χ3n) is 2.26. The summed E-state index contributed by atoms with van der Waals surface area (Å²) in [4.78, 5) is 3.93. The van der Waals surface area contributed by atoms with Gasteiger partial charge in [-0.1, -0.05) is 13.8 Å². The zero-order valence-electron chi connectivity index (χ0n) is 11.5. The molecule has 102 valence electrons. The van der Waals surface area contributed by atoms with Gasteiger partial charge in [0.05, 0.1) is 12.8 Å². The van der Waals surface area contributed by atoms with Crippen LogP contribution in [0.25, 0.3) is 0 Å². The number of rotatable bonds is 3. The lowest BCUT2D eigenvalue weighted by atomic mass is 10.4. The van der Waals surface area contributed by atoms with E-state index in [-0.39, 0.29) is 6.10 Å². The SMILES string of the molecule is CC.CC1(C)OCC(COc2ccc(N)nc2)O1. The number of aromatic nitrogens is 1. The van der Waals surface area contributed by atoms with Crippen molar-refractivity contribution in [2.45, 2.75) is 39.6 Å². The quantitative estimate of drug-likeness (QED) is 0.895. The van der Waals surface area contributed by atoms with Crippen LogP contribution in [0.2, 0.25) is 0 Å². The molecule has 1 aromatic heterocycles. The van der Waals surface area contributed by atoms with E-state index in [2.05, 4.69) is 4.98 Å². The Kier molecular flexibility index (Phi) is 5.37. The normalized spacial score (nSPS) is 21.0. The summed E-state index contributed by atoms with van der Waals surface area (Å²) < 4.78 is 16.5. The maximum Gasteiger partial charge on any atom is 0.163 e. The van der Waals surface area contributed by atoms with Gasteiger partial charge >= 0.3 is 0 Å². The minimum Gasteiger partial charge on any atom is -0.489 e. The lowest BCUT2D eigenvalue weighted by Gasteiger charge is -2.17. The molecule has 1 saturated heterocycles. The van der Waals surface area contributed by atoms with Gasteiger partial charge in [-0.25, -0.2) is 4.98 Å². The molecule has 0 amide bonds. The molecule has 5 heteroatoms. The molecule has 0 bridgehead atoms. The Morgan fingerprint density at radius 3 is 2.67 bits per heavy atom. The summed E-state index contributed by atoms with van der Waals surface area (Å²) in [6.07, 6.45) is 1.56. The van der Waals surface area contributed by atoms with Crippen molar-refractivity contribution in [2.75, 3.05) is 18.9 Å². The highest BCUT2D eigenvalue weighted by molar-refractivity contribution is 5.32. The summed E-state index contributed by atoms with van der Waals surface area (Å²) in [6.45, 7) is 8.78. The van der Waals surface area contributed by atoms with Gasteiger partial charge in [-0.15, -0.1) is 0 Å². The van der Waals surface area contributed by atoms with Gasteiger partial charge in [0.15, 0.2) is 5.79 Å². The topological polar surface area (TPSA) is 66.6 Å². The average Bonchev–Trinajstić information content (AvgIpc) is 2.71. The lowest BCUT2D eigenvalue weighted by Crippen LogP contribution is -2.25. The summed E-state index contributed by atoms with van der Waals surface area (Å²) in [6, 6.07) is 3.48. The number of pyridine rings is 1. The van der Waals surface area contributed by atoms with Crippen molar-refractivity contribution < 1.29 is 14.2 Å². The molecule has 0 radical (unpaired) electrons. The molecule has 0 saturated carbocycles. The fourth-order valence-corrected chi connectivity index (χ4v) is 1.51. The Balaban J connectivity index is 0.000000771. The van der Waals surface area contributed by atoms with Gasteiger partial charge in [0, 0.05) is 0 Å². The van der Waals surface area contributed by atoms with Crippen LogP contribution in [0.3, 0.4) is 0 Å². The Hall–Kier alpha value is -1.33. The second-order valence-corrected chi connectivity index (χ2v) is 4.18. The van der Waals surface area contributed by atoms with E-state index in [0.29, 0.717) is 24.8 Å². The summed E-state index contributed by atoms with van der Waals surface area (Å²) in [5, 5.41) is 0. The van der Waals surface area contributed by atoms with Crippen molar-refractivity contribution in [1.82, 2.24) is 4.98 Å². The molecule has 1 unspecified atom stereocenters. The lowest BCUT2D eigenvalue weighted by molar-refractivity contribution is -0.141. The predicted octanol–water partition coefficient (Wildman–Crippen LogP) is 2.22. The van der Waals surface area contributed by atoms with Crippen LogP contribution in [0.5, 0.6) is 5.75 Å². The third-order valence-corrected chi connectivity index (χ3v) is 2.26. The molecule has 2 N–H and O–H groups in total. The van der Waals surface area contributed by atoms with Crippen molar-refractivity contribution in [2.24, 2.45) is 0 Å². The first-order chi connectivity index (χ1) is 8.55. The minimum absolute atomic E-state index is 0.0347. The van der Waals surface area contributed by atoms with Crippen LogP contribution in [0, 0.1) is 0 Å². The first-order valence-corrected chi connectivity index (χ1v) is 6.21. The summed E-state index contributed by atoms with van der Waals surface area (Å²) in [7, 11) is 0. The van der Waals surface area contributed by atoms with Gasteiger partial charge in [0.1, 0.15) is 24.3 Å². The Labute approximate surface area is 108 Å². The smallest absolute Gasteiger partial charge is 0.163 e. The van der Waals surface area contributed by atoms with E-state index in [1.54, 1.807) is 18.3 Å². The summed E-state index contributed by atoms with van der Waals surface area (Å²) in [5.41, 5.74) is 5.47. The first-order valence-electron chi connectivity index (χ1n) is 6.21. The van der Waals surface area contributed by atoms with Crippen LogP contribution in [-0.4, -0.2) is 30.1 Å². The number of nitrogen functional groups attached to an aromatic ring is 1. The molecule has 0 spiro atoms. The predicted molar refractivity (Wildman–Crippen MR) is 70.4 cm³/mol. The van der Waals surface area contributed by atoms with Crippen LogP contribution >= 0.6 is 0 Å². The van der Waals surface area contributed by atoms with Crippen molar-refractivity contribution in [1.29, 1.82) is 0 Å². The highest BCUT2D eigenvalue weighted by Gasteiger charge is 2.32. The summed E-state index contributed by atoms with van der Waals surface area (Å²) >= 11 is 0. The molecule has 0 aromatic carbocycles. The van der Waals surface area contributed by atoms with Crippen LogP contribution in [0.1, 0.15) is 27.7 Å². The van der Waals surface area contributed by atoms with Gasteiger partial charge in [0.2, 0.25) is 0 Å². The molecule has 0 aliphatic carbocycles. The van der Waals surface area contributed by atoms with E-state index in [1.807, 2.05) is 27.7 Å². The molecular formula is C13H22N2O3. The van der Waals surface area contributed by atoms with E-state index in [0.717, 1.165) is 0 Å². The van der Waals surface area contributed by atoms with Crippen LogP contribution in [0.15, 0.2) is 18.3 Å². The highest BCUT2D eigenvalue weighted by atomic mass is 16.7. The van der Waals surface area contributed by atoms with Gasteiger partial charge in [-0.3, -0.25) is 0 Å². The Morgan fingerprint density at radius 2 is 2.17 bits per heavy atom. The second kappa shape index (κ2) is 6.56. The van der Waals surface area contributed by atoms with E-state index >= 15 is 0 Å². The third kappa shape index (κ3) is 4.50. The van der Waals surface area contributed by atoms with Crippen molar-refractivity contribution >= 4 is 5.82 Å². The monoisotopic (exact) mass is 254 g/mol. The van der Waals surface area contributed by atoms with Crippen LogP contribution in [-0.2, 0) is 9.47 Å². The molecule has 1 aliphatic rings. The molecule has 2 heterocycles. The van der Waals surface area contributed by atoms with E-state index in [9.17, 15) is 0 Å². The molecule has 1 aromatic rings.